The topological polar surface area (TPSA) is 104 Å². The first-order valence-electron chi connectivity index (χ1n) is 15.0. The molecule has 1 aliphatic rings. The van der Waals surface area contributed by atoms with E-state index in [0.29, 0.717) is 40.5 Å². The van der Waals surface area contributed by atoms with Crippen LogP contribution in [0.4, 0.5) is 24.7 Å². The van der Waals surface area contributed by atoms with Gasteiger partial charge in [-0.1, -0.05) is 12.6 Å². The molecule has 4 aromatic heterocycles. The summed E-state index contributed by atoms with van der Waals surface area (Å²) in [6.45, 7) is 9.32. The Hall–Kier alpha value is -4.67. The molecule has 1 aromatic carbocycles. The number of aromatic nitrogens is 4. The van der Waals surface area contributed by atoms with Crippen LogP contribution < -0.4 is 10.6 Å². The second-order valence-electron chi connectivity index (χ2n) is 11.5. The first-order chi connectivity index (χ1) is 22.1. The zero-order chi connectivity index (χ0) is 32.4. The Morgan fingerprint density at radius 2 is 1.98 bits per heavy atom. The highest BCUT2D eigenvalue weighted by atomic mass is 32.1. The Labute approximate surface area is 268 Å². The fourth-order valence-corrected chi connectivity index (χ4v) is 7.09. The third-order valence-corrected chi connectivity index (χ3v) is 9.49. The van der Waals surface area contributed by atoms with Gasteiger partial charge in [0.1, 0.15) is 28.7 Å². The van der Waals surface area contributed by atoms with Crippen LogP contribution >= 0.6 is 11.3 Å². The van der Waals surface area contributed by atoms with Crippen LogP contribution in [0, 0.1) is 18.3 Å². The number of halogens is 3. The summed E-state index contributed by atoms with van der Waals surface area (Å²) in [5.41, 5.74) is 4.66. The van der Waals surface area contributed by atoms with E-state index in [1.165, 1.54) is 18.0 Å². The smallest absolute Gasteiger partial charge is 0.367 e. The van der Waals surface area contributed by atoms with E-state index < -0.39 is 12.6 Å². The first kappa shape index (κ1) is 31.3. The second-order valence-corrected chi connectivity index (χ2v) is 12.7. The predicted molar refractivity (Wildman–Crippen MR) is 174 cm³/mol. The SMILES string of the molecule is C=CC(=O)Nc1ccn(CCn2c(C#N)cc3c(C)c(CN4CCC(Nc5ncnc6sc(CC(F)(F)F)cc56)CC4)ccc32)c1. The van der Waals surface area contributed by atoms with Gasteiger partial charge in [0.15, 0.2) is 0 Å². The molecule has 238 valence electrons. The summed E-state index contributed by atoms with van der Waals surface area (Å²) in [6.07, 6.45) is 2.90. The molecule has 1 aliphatic heterocycles. The zero-order valence-corrected chi connectivity index (χ0v) is 26.1. The Balaban J connectivity index is 1.08. The van der Waals surface area contributed by atoms with Crippen molar-refractivity contribution in [3.8, 4) is 6.07 Å². The molecule has 0 spiro atoms. The summed E-state index contributed by atoms with van der Waals surface area (Å²) in [5.74, 6) is 0.322. The van der Waals surface area contributed by atoms with Crippen LogP contribution in [0.5, 0.6) is 0 Å². The molecule has 13 heteroatoms. The summed E-state index contributed by atoms with van der Waals surface area (Å²) in [5, 5.41) is 17.8. The van der Waals surface area contributed by atoms with Gasteiger partial charge in [0.05, 0.1) is 17.5 Å². The highest BCUT2D eigenvalue weighted by Crippen LogP contribution is 2.33. The van der Waals surface area contributed by atoms with Crippen molar-refractivity contribution in [1.82, 2.24) is 24.0 Å². The van der Waals surface area contributed by atoms with Crippen molar-refractivity contribution < 1.29 is 18.0 Å². The maximum Gasteiger partial charge on any atom is 0.393 e. The molecule has 1 fully saturated rings. The Kier molecular flexibility index (Phi) is 8.84. The van der Waals surface area contributed by atoms with E-state index in [1.807, 2.05) is 33.7 Å². The summed E-state index contributed by atoms with van der Waals surface area (Å²) < 4.78 is 42.8. The number of rotatable bonds is 10. The molecule has 0 bridgehead atoms. The third-order valence-electron chi connectivity index (χ3n) is 8.44. The Morgan fingerprint density at radius 3 is 2.72 bits per heavy atom. The fraction of sp³-hybridized carbons (Fsp3) is 0.333. The summed E-state index contributed by atoms with van der Waals surface area (Å²) in [4.78, 5) is 23.3. The molecule has 1 saturated heterocycles. The minimum absolute atomic E-state index is 0.158. The molecule has 0 unspecified atom stereocenters. The van der Waals surface area contributed by atoms with E-state index in [-0.39, 0.29) is 16.8 Å². The van der Waals surface area contributed by atoms with Crippen molar-refractivity contribution in [2.45, 2.75) is 58.0 Å². The predicted octanol–water partition coefficient (Wildman–Crippen LogP) is 6.63. The largest absolute Gasteiger partial charge is 0.393 e. The normalized spacial score (nSPS) is 14.5. The van der Waals surface area contributed by atoms with Gasteiger partial charge in [-0.3, -0.25) is 9.69 Å². The van der Waals surface area contributed by atoms with E-state index in [1.54, 1.807) is 6.07 Å². The molecule has 0 aliphatic carbocycles. The molecule has 0 saturated carbocycles. The Morgan fingerprint density at radius 1 is 1.17 bits per heavy atom. The number of fused-ring (bicyclic) bond motifs is 2. The van der Waals surface area contributed by atoms with E-state index in [2.05, 4.69) is 57.2 Å². The number of hydrogen-bond donors (Lipinski definition) is 2. The number of thiophene rings is 1. The standard InChI is InChI=1S/C33H33F3N8OS/c1-3-30(45)40-24-8-11-43(19-24)12-13-44-25(17-37)14-27-21(2)22(4-5-29(27)44)18-42-9-6-23(7-10-42)41-31-28-15-26(16-33(34,35)36)46-32(28)39-20-38-31/h3-5,8,11,14-15,19-20,23H,1,6-7,9-10,12-13,16,18H2,2H3,(H,40,45)(H,38,39,41). The molecule has 6 rings (SSSR count). The monoisotopic (exact) mass is 646 g/mol. The van der Waals surface area contributed by atoms with Crippen molar-refractivity contribution in [2.24, 2.45) is 0 Å². The van der Waals surface area contributed by atoms with Crippen LogP contribution in [0.15, 0.2) is 61.7 Å². The second kappa shape index (κ2) is 13.0. The Bertz CT molecular complexity index is 1940. The van der Waals surface area contributed by atoms with Crippen LogP contribution in [0.1, 0.15) is 34.5 Å². The van der Waals surface area contributed by atoms with Gasteiger partial charge in [-0.2, -0.15) is 18.4 Å². The summed E-state index contributed by atoms with van der Waals surface area (Å²) in [7, 11) is 0. The molecule has 0 atom stereocenters. The third kappa shape index (κ3) is 6.93. The maximum atomic E-state index is 12.9. The number of likely N-dealkylation sites (tertiary alicyclic amines) is 1. The molecular weight excluding hydrogens is 613 g/mol. The molecule has 5 aromatic rings. The lowest BCUT2D eigenvalue weighted by molar-refractivity contribution is -0.126. The summed E-state index contributed by atoms with van der Waals surface area (Å²) in [6, 6.07) is 12.1. The fourth-order valence-electron chi connectivity index (χ4n) is 6.06. The number of anilines is 2. The van der Waals surface area contributed by atoms with Crippen LogP contribution in [-0.4, -0.2) is 55.2 Å². The number of nitrogens with one attached hydrogen (secondary N) is 2. The minimum atomic E-state index is -4.26. The highest BCUT2D eigenvalue weighted by molar-refractivity contribution is 7.18. The van der Waals surface area contributed by atoms with Crippen molar-refractivity contribution in [3.05, 3.63) is 83.4 Å². The van der Waals surface area contributed by atoms with E-state index in [0.717, 1.165) is 60.3 Å². The van der Waals surface area contributed by atoms with Crippen molar-refractivity contribution in [3.63, 3.8) is 0 Å². The molecule has 9 nitrogen and oxygen atoms in total. The van der Waals surface area contributed by atoms with Gasteiger partial charge < -0.3 is 19.8 Å². The average Bonchev–Trinajstić information content (AvgIpc) is 3.74. The first-order valence-corrected chi connectivity index (χ1v) is 15.8. The van der Waals surface area contributed by atoms with Gasteiger partial charge >= 0.3 is 6.18 Å². The number of nitriles is 1. The number of nitrogens with zero attached hydrogens (tertiary/aromatic N) is 6. The number of carbonyl (C=O) groups is 1. The highest BCUT2D eigenvalue weighted by Gasteiger charge is 2.29. The number of piperidine rings is 1. The van der Waals surface area contributed by atoms with Gasteiger partial charge in [-0.25, -0.2) is 9.97 Å². The molecule has 5 heterocycles. The number of alkyl halides is 3. The van der Waals surface area contributed by atoms with Crippen LogP contribution in [-0.2, 0) is 30.8 Å². The average molecular weight is 647 g/mol. The van der Waals surface area contributed by atoms with Crippen molar-refractivity contribution in [2.75, 3.05) is 23.7 Å². The van der Waals surface area contributed by atoms with Gasteiger partial charge in [0.25, 0.3) is 0 Å². The minimum Gasteiger partial charge on any atom is -0.367 e. The van der Waals surface area contributed by atoms with Crippen LogP contribution in [0.2, 0.25) is 0 Å². The zero-order valence-electron chi connectivity index (χ0n) is 25.3. The molecule has 0 radical (unpaired) electrons. The molecule has 2 N–H and O–H groups in total. The van der Waals surface area contributed by atoms with E-state index in [4.69, 9.17) is 0 Å². The number of hydrogen-bond acceptors (Lipinski definition) is 7. The van der Waals surface area contributed by atoms with E-state index >= 15 is 0 Å². The number of amides is 1. The van der Waals surface area contributed by atoms with E-state index in [9.17, 15) is 23.2 Å². The van der Waals surface area contributed by atoms with Gasteiger partial charge in [0, 0.05) is 66.9 Å². The molecule has 46 heavy (non-hydrogen) atoms. The van der Waals surface area contributed by atoms with Crippen LogP contribution in [0.3, 0.4) is 0 Å². The van der Waals surface area contributed by atoms with Gasteiger partial charge in [0.2, 0.25) is 5.91 Å². The quantitative estimate of drug-likeness (QED) is 0.165. The molecule has 1 amide bonds. The number of benzene rings is 1. The maximum absolute atomic E-state index is 12.9. The van der Waals surface area contributed by atoms with Crippen molar-refractivity contribution in [1.29, 1.82) is 5.26 Å². The molecular formula is C33H33F3N8OS. The lowest BCUT2D eigenvalue weighted by atomic mass is 10.0. The van der Waals surface area contributed by atoms with Gasteiger partial charge in [-0.15, -0.1) is 11.3 Å². The van der Waals surface area contributed by atoms with Crippen molar-refractivity contribution >= 4 is 49.9 Å². The van der Waals surface area contributed by atoms with Crippen LogP contribution in [0.25, 0.3) is 21.1 Å². The lowest BCUT2D eigenvalue weighted by Gasteiger charge is -2.33. The van der Waals surface area contributed by atoms with Gasteiger partial charge in [-0.05, 0) is 61.2 Å². The number of carbonyl (C=O) groups excluding carboxylic acids is 1. The number of aryl methyl sites for hydroxylation is 3. The summed E-state index contributed by atoms with van der Waals surface area (Å²) >= 11 is 1.06. The lowest BCUT2D eigenvalue weighted by Crippen LogP contribution is -2.39.